The number of carboxylic acids is 1. The van der Waals surface area contributed by atoms with Crippen molar-refractivity contribution in [3.63, 3.8) is 0 Å². The third-order valence-corrected chi connectivity index (χ3v) is 3.26. The highest BCUT2D eigenvalue weighted by Crippen LogP contribution is 2.37. The van der Waals surface area contributed by atoms with Gasteiger partial charge < -0.3 is 14.6 Å². The van der Waals surface area contributed by atoms with Crippen molar-refractivity contribution in [2.75, 3.05) is 13.2 Å². The van der Waals surface area contributed by atoms with Crippen LogP contribution in [0.2, 0.25) is 0 Å². The smallest absolute Gasteiger partial charge is 0.328 e. The Kier molecular flexibility index (Phi) is 7.02. The van der Waals surface area contributed by atoms with Gasteiger partial charge in [-0.25, -0.2) is 4.79 Å². The van der Waals surface area contributed by atoms with Gasteiger partial charge in [0.2, 0.25) is 0 Å². The second-order valence-electron chi connectivity index (χ2n) is 4.33. The zero-order valence-corrected chi connectivity index (χ0v) is 13.8. The first-order valence-corrected chi connectivity index (χ1v) is 7.44. The Bertz CT molecular complexity index is 549. The summed E-state index contributed by atoms with van der Waals surface area (Å²) in [5.41, 5.74) is 1.70. The second kappa shape index (κ2) is 8.52. The predicted molar refractivity (Wildman–Crippen MR) is 86.9 cm³/mol. The van der Waals surface area contributed by atoms with E-state index in [1.54, 1.807) is 12.1 Å². The number of rotatable bonds is 8. The minimum Gasteiger partial charge on any atom is -0.490 e. The van der Waals surface area contributed by atoms with Crippen LogP contribution in [0.3, 0.4) is 0 Å². The van der Waals surface area contributed by atoms with Crippen molar-refractivity contribution < 1.29 is 19.4 Å². The highest BCUT2D eigenvalue weighted by molar-refractivity contribution is 9.10. The Hall–Kier alpha value is -1.75. The fourth-order valence-corrected chi connectivity index (χ4v) is 2.11. The highest BCUT2D eigenvalue weighted by atomic mass is 79.9. The summed E-state index contributed by atoms with van der Waals surface area (Å²) in [7, 11) is 0. The third kappa shape index (κ3) is 5.63. The van der Waals surface area contributed by atoms with Crippen LogP contribution < -0.4 is 9.47 Å². The average molecular weight is 355 g/mol. The first kappa shape index (κ1) is 17.3. The number of aliphatic carboxylic acids is 1. The van der Waals surface area contributed by atoms with E-state index in [2.05, 4.69) is 22.5 Å². The molecule has 4 nitrogen and oxygen atoms in total. The molecule has 1 aromatic rings. The van der Waals surface area contributed by atoms with Gasteiger partial charge in [0.05, 0.1) is 11.1 Å². The van der Waals surface area contributed by atoms with Crippen LogP contribution >= 0.6 is 15.9 Å². The standard InChI is InChI=1S/C16H19BrO4/c1-4-11(3)10-21-16-13(17)8-12(6-7-15(18)19)9-14(16)20-5-2/h6-9H,3-5,10H2,1-2H3,(H,18,19). The van der Waals surface area contributed by atoms with Crippen LogP contribution in [0.25, 0.3) is 6.08 Å². The molecule has 0 atom stereocenters. The van der Waals surface area contributed by atoms with E-state index in [1.165, 1.54) is 6.08 Å². The summed E-state index contributed by atoms with van der Waals surface area (Å²) in [6.45, 7) is 8.70. The molecule has 1 N–H and O–H groups in total. The molecule has 0 aromatic heterocycles. The van der Waals surface area contributed by atoms with Crippen LogP contribution in [-0.2, 0) is 4.79 Å². The lowest BCUT2D eigenvalue weighted by Gasteiger charge is -2.15. The van der Waals surface area contributed by atoms with Crippen molar-refractivity contribution in [3.05, 3.63) is 40.4 Å². The van der Waals surface area contributed by atoms with Gasteiger partial charge in [-0.3, -0.25) is 0 Å². The number of halogens is 1. The number of benzene rings is 1. The van der Waals surface area contributed by atoms with Gasteiger partial charge in [-0.05, 0) is 58.6 Å². The maximum atomic E-state index is 10.6. The van der Waals surface area contributed by atoms with Crippen LogP contribution in [0, 0.1) is 0 Å². The van der Waals surface area contributed by atoms with Crippen molar-refractivity contribution >= 4 is 28.0 Å². The molecule has 114 valence electrons. The van der Waals surface area contributed by atoms with Gasteiger partial charge in [0.1, 0.15) is 6.61 Å². The van der Waals surface area contributed by atoms with Gasteiger partial charge in [0.15, 0.2) is 11.5 Å². The summed E-state index contributed by atoms with van der Waals surface area (Å²) in [4.78, 5) is 10.6. The quantitative estimate of drug-likeness (QED) is 0.558. The van der Waals surface area contributed by atoms with E-state index in [1.807, 2.05) is 13.8 Å². The fourth-order valence-electron chi connectivity index (χ4n) is 1.53. The van der Waals surface area contributed by atoms with E-state index in [-0.39, 0.29) is 0 Å². The lowest BCUT2D eigenvalue weighted by molar-refractivity contribution is -0.131. The summed E-state index contributed by atoms with van der Waals surface area (Å²) in [5, 5.41) is 8.68. The minimum atomic E-state index is -0.997. The molecule has 0 aliphatic heterocycles. The SMILES string of the molecule is C=C(CC)COc1c(Br)cc(C=CC(=O)O)cc1OCC. The topological polar surface area (TPSA) is 55.8 Å². The minimum absolute atomic E-state index is 0.416. The van der Waals surface area contributed by atoms with Crippen molar-refractivity contribution in [1.82, 2.24) is 0 Å². The zero-order chi connectivity index (χ0) is 15.8. The molecule has 0 fully saturated rings. The van der Waals surface area contributed by atoms with Gasteiger partial charge >= 0.3 is 5.97 Å². The molecule has 0 saturated heterocycles. The van der Waals surface area contributed by atoms with E-state index < -0.39 is 5.97 Å². The monoisotopic (exact) mass is 354 g/mol. The molecular formula is C16H19BrO4. The molecule has 5 heteroatoms. The Morgan fingerprint density at radius 1 is 1.38 bits per heavy atom. The van der Waals surface area contributed by atoms with Gasteiger partial charge in [-0.2, -0.15) is 0 Å². The Morgan fingerprint density at radius 2 is 2.10 bits per heavy atom. The molecule has 0 amide bonds. The molecular weight excluding hydrogens is 336 g/mol. The molecule has 0 aliphatic rings. The van der Waals surface area contributed by atoms with E-state index in [9.17, 15) is 4.79 Å². The van der Waals surface area contributed by atoms with Crippen LogP contribution in [0.1, 0.15) is 25.8 Å². The largest absolute Gasteiger partial charge is 0.490 e. The molecule has 1 rings (SSSR count). The van der Waals surface area contributed by atoms with Crippen molar-refractivity contribution in [2.24, 2.45) is 0 Å². The second-order valence-corrected chi connectivity index (χ2v) is 5.18. The zero-order valence-electron chi connectivity index (χ0n) is 12.2. The van der Waals surface area contributed by atoms with Gasteiger partial charge in [0.25, 0.3) is 0 Å². The van der Waals surface area contributed by atoms with Crippen LogP contribution in [-0.4, -0.2) is 24.3 Å². The van der Waals surface area contributed by atoms with E-state index in [0.717, 1.165) is 23.6 Å². The number of hydrogen-bond donors (Lipinski definition) is 1. The first-order chi connectivity index (χ1) is 9.97. The molecule has 0 spiro atoms. The van der Waals surface area contributed by atoms with Gasteiger partial charge in [0, 0.05) is 6.08 Å². The van der Waals surface area contributed by atoms with E-state index >= 15 is 0 Å². The summed E-state index contributed by atoms with van der Waals surface area (Å²) < 4.78 is 12.0. The molecule has 0 heterocycles. The molecule has 1 aromatic carbocycles. The number of carboxylic acid groups (broad SMARTS) is 1. The Balaban J connectivity index is 3.06. The van der Waals surface area contributed by atoms with Crippen LogP contribution in [0.15, 0.2) is 34.8 Å². The maximum Gasteiger partial charge on any atom is 0.328 e. The molecule has 0 saturated carbocycles. The van der Waals surface area contributed by atoms with Gasteiger partial charge in [-0.1, -0.05) is 13.5 Å². The number of ether oxygens (including phenoxy) is 2. The van der Waals surface area contributed by atoms with E-state index in [4.69, 9.17) is 14.6 Å². The lowest BCUT2D eigenvalue weighted by atomic mass is 10.2. The lowest BCUT2D eigenvalue weighted by Crippen LogP contribution is -2.03. The van der Waals surface area contributed by atoms with Crippen molar-refractivity contribution in [1.29, 1.82) is 0 Å². The molecule has 0 aliphatic carbocycles. The normalized spacial score (nSPS) is 10.6. The van der Waals surface area contributed by atoms with Crippen molar-refractivity contribution in [2.45, 2.75) is 20.3 Å². The van der Waals surface area contributed by atoms with Crippen LogP contribution in [0.4, 0.5) is 0 Å². The summed E-state index contributed by atoms with van der Waals surface area (Å²) in [5.74, 6) is 0.170. The molecule has 21 heavy (non-hydrogen) atoms. The molecule has 0 bridgehead atoms. The van der Waals surface area contributed by atoms with Crippen LogP contribution in [0.5, 0.6) is 11.5 Å². The summed E-state index contributed by atoms with van der Waals surface area (Å²) in [6.07, 6.45) is 3.43. The highest BCUT2D eigenvalue weighted by Gasteiger charge is 2.12. The Morgan fingerprint density at radius 3 is 2.67 bits per heavy atom. The summed E-state index contributed by atoms with van der Waals surface area (Å²) in [6, 6.07) is 3.53. The Labute approximate surface area is 133 Å². The predicted octanol–water partition coefficient (Wildman–Crippen LogP) is 4.29. The average Bonchev–Trinajstić information content (AvgIpc) is 2.44. The van der Waals surface area contributed by atoms with Crippen molar-refractivity contribution in [3.8, 4) is 11.5 Å². The van der Waals surface area contributed by atoms with E-state index in [0.29, 0.717) is 29.2 Å². The summed E-state index contributed by atoms with van der Waals surface area (Å²) >= 11 is 3.43. The number of hydrogen-bond acceptors (Lipinski definition) is 3. The number of carbonyl (C=O) groups is 1. The maximum absolute atomic E-state index is 10.6. The third-order valence-electron chi connectivity index (χ3n) is 2.67. The fraction of sp³-hybridized carbons (Fsp3) is 0.312. The molecule has 0 unspecified atom stereocenters. The van der Waals surface area contributed by atoms with Gasteiger partial charge in [-0.15, -0.1) is 0 Å². The molecule has 0 radical (unpaired) electrons. The first-order valence-electron chi connectivity index (χ1n) is 6.64.